The molecule has 19 heavy (non-hydrogen) atoms. The van der Waals surface area contributed by atoms with E-state index in [0.717, 1.165) is 30.5 Å². The lowest BCUT2D eigenvalue weighted by atomic mass is 10.1. The number of sulfone groups is 1. The Balaban J connectivity index is 1.58. The molecule has 3 heterocycles. The van der Waals surface area contributed by atoms with E-state index < -0.39 is 9.84 Å². The van der Waals surface area contributed by atoms with E-state index in [2.05, 4.69) is 15.3 Å². The zero-order valence-corrected chi connectivity index (χ0v) is 11.4. The zero-order chi connectivity index (χ0) is 13.3. The van der Waals surface area contributed by atoms with Crippen LogP contribution in [0.1, 0.15) is 12.0 Å². The van der Waals surface area contributed by atoms with Gasteiger partial charge in [-0.3, -0.25) is 0 Å². The molecule has 0 aliphatic carbocycles. The Hall–Kier alpha value is -1.40. The highest BCUT2D eigenvalue weighted by molar-refractivity contribution is 7.91. The van der Waals surface area contributed by atoms with Crippen LogP contribution in [0.15, 0.2) is 24.5 Å². The second-order valence-electron chi connectivity index (χ2n) is 5.11. The number of fused-ring (bicyclic) bond motifs is 1. The van der Waals surface area contributed by atoms with Gasteiger partial charge in [-0.1, -0.05) is 0 Å². The van der Waals surface area contributed by atoms with E-state index in [9.17, 15) is 8.42 Å². The summed E-state index contributed by atoms with van der Waals surface area (Å²) in [6.45, 7) is 1.49. The highest BCUT2D eigenvalue weighted by Crippen LogP contribution is 2.18. The van der Waals surface area contributed by atoms with Crippen LogP contribution in [0.4, 0.5) is 0 Å². The van der Waals surface area contributed by atoms with Gasteiger partial charge in [-0.2, -0.15) is 0 Å². The molecule has 1 fully saturated rings. The summed E-state index contributed by atoms with van der Waals surface area (Å²) in [5, 5.41) is 4.47. The average molecular weight is 279 g/mol. The van der Waals surface area contributed by atoms with Crippen LogP contribution in [0.3, 0.4) is 0 Å². The molecule has 2 N–H and O–H groups in total. The van der Waals surface area contributed by atoms with Gasteiger partial charge < -0.3 is 10.3 Å². The molecule has 1 saturated heterocycles. The molecule has 102 valence electrons. The first-order valence-electron chi connectivity index (χ1n) is 6.46. The number of nitrogens with zero attached hydrogens (tertiary/aromatic N) is 1. The summed E-state index contributed by atoms with van der Waals surface area (Å²) in [5.41, 5.74) is 2.06. The van der Waals surface area contributed by atoms with Gasteiger partial charge in [-0.25, -0.2) is 13.4 Å². The normalized spacial score (nSPS) is 22.0. The molecule has 0 aromatic carbocycles. The molecular weight excluding hydrogens is 262 g/mol. The van der Waals surface area contributed by atoms with Crippen molar-refractivity contribution in [2.24, 2.45) is 5.92 Å². The maximum atomic E-state index is 11.4. The van der Waals surface area contributed by atoms with Crippen LogP contribution in [-0.2, 0) is 16.4 Å². The van der Waals surface area contributed by atoms with Crippen LogP contribution in [0.25, 0.3) is 11.0 Å². The van der Waals surface area contributed by atoms with Gasteiger partial charge >= 0.3 is 0 Å². The summed E-state index contributed by atoms with van der Waals surface area (Å²) in [4.78, 5) is 7.38. The molecule has 1 aliphatic heterocycles. The molecule has 0 amide bonds. The maximum Gasteiger partial charge on any atom is 0.150 e. The third-order valence-electron chi connectivity index (χ3n) is 3.61. The number of aromatic amines is 1. The number of hydrogen-bond donors (Lipinski definition) is 2. The number of hydrogen-bond acceptors (Lipinski definition) is 4. The van der Waals surface area contributed by atoms with Crippen LogP contribution in [-0.4, -0.2) is 36.4 Å². The van der Waals surface area contributed by atoms with Gasteiger partial charge in [0.25, 0.3) is 0 Å². The first-order chi connectivity index (χ1) is 9.14. The van der Waals surface area contributed by atoms with Crippen molar-refractivity contribution in [3.63, 3.8) is 0 Å². The van der Waals surface area contributed by atoms with Gasteiger partial charge in [-0.15, -0.1) is 0 Å². The minimum absolute atomic E-state index is 0.258. The Bertz CT molecular complexity index is 678. The van der Waals surface area contributed by atoms with Crippen molar-refractivity contribution in [1.82, 2.24) is 15.3 Å². The summed E-state index contributed by atoms with van der Waals surface area (Å²) >= 11 is 0. The first kappa shape index (κ1) is 12.6. The lowest BCUT2D eigenvalue weighted by Crippen LogP contribution is -2.23. The molecule has 1 atom stereocenters. The van der Waals surface area contributed by atoms with Gasteiger partial charge in [0.05, 0.1) is 11.5 Å². The molecule has 1 aliphatic rings. The van der Waals surface area contributed by atoms with E-state index in [1.165, 1.54) is 5.56 Å². The van der Waals surface area contributed by atoms with Gasteiger partial charge in [0.15, 0.2) is 9.84 Å². The van der Waals surface area contributed by atoms with Crippen LogP contribution in [0.2, 0.25) is 0 Å². The molecule has 3 rings (SSSR count). The van der Waals surface area contributed by atoms with Gasteiger partial charge in [-0.05, 0) is 36.6 Å². The van der Waals surface area contributed by atoms with Crippen molar-refractivity contribution in [1.29, 1.82) is 0 Å². The lowest BCUT2D eigenvalue weighted by molar-refractivity contribution is 0.521. The quantitative estimate of drug-likeness (QED) is 0.878. The summed E-state index contributed by atoms with van der Waals surface area (Å²) in [7, 11) is -2.77. The highest BCUT2D eigenvalue weighted by atomic mass is 32.2. The Kier molecular flexibility index (Phi) is 3.28. The smallest absolute Gasteiger partial charge is 0.150 e. The standard InChI is InChI=1S/C13H17N3O2S/c17-19(18)5-3-10(9-19)6-14-7-11-8-16-13-12(11)2-1-4-15-13/h1-2,4,8,10,14H,3,5-7,9H2,(H,15,16). The molecule has 0 bridgehead atoms. The highest BCUT2D eigenvalue weighted by Gasteiger charge is 2.27. The Morgan fingerprint density at radius 1 is 1.47 bits per heavy atom. The van der Waals surface area contributed by atoms with Gasteiger partial charge in [0.2, 0.25) is 0 Å². The second-order valence-corrected chi connectivity index (χ2v) is 7.34. The fraction of sp³-hybridized carbons (Fsp3) is 0.462. The van der Waals surface area contributed by atoms with E-state index >= 15 is 0 Å². The molecule has 6 heteroatoms. The molecule has 1 unspecified atom stereocenters. The van der Waals surface area contributed by atoms with E-state index in [0.29, 0.717) is 11.5 Å². The molecule has 5 nitrogen and oxygen atoms in total. The Morgan fingerprint density at radius 2 is 2.37 bits per heavy atom. The SMILES string of the molecule is O=S1(=O)CCC(CNCc2c[nH]c3ncccc23)C1. The minimum Gasteiger partial charge on any atom is -0.346 e. The first-order valence-corrected chi connectivity index (χ1v) is 8.28. The molecule has 2 aromatic heterocycles. The molecular formula is C13H17N3O2S. The molecule has 2 aromatic rings. The van der Waals surface area contributed by atoms with Crippen LogP contribution >= 0.6 is 0 Å². The summed E-state index contributed by atoms with van der Waals surface area (Å²) in [6.07, 6.45) is 4.50. The fourth-order valence-corrected chi connectivity index (χ4v) is 4.46. The van der Waals surface area contributed by atoms with Crippen molar-refractivity contribution >= 4 is 20.9 Å². The van der Waals surface area contributed by atoms with Crippen molar-refractivity contribution < 1.29 is 8.42 Å². The largest absolute Gasteiger partial charge is 0.346 e. The number of aromatic nitrogens is 2. The van der Waals surface area contributed by atoms with Crippen molar-refractivity contribution in [3.8, 4) is 0 Å². The van der Waals surface area contributed by atoms with Crippen LogP contribution in [0.5, 0.6) is 0 Å². The predicted molar refractivity (Wildman–Crippen MR) is 74.6 cm³/mol. The fourth-order valence-electron chi connectivity index (χ4n) is 2.60. The summed E-state index contributed by atoms with van der Waals surface area (Å²) in [6, 6.07) is 3.96. The van der Waals surface area contributed by atoms with Crippen LogP contribution < -0.4 is 5.32 Å². The van der Waals surface area contributed by atoms with E-state index in [1.54, 1.807) is 6.20 Å². The van der Waals surface area contributed by atoms with Crippen molar-refractivity contribution in [2.75, 3.05) is 18.1 Å². The van der Waals surface area contributed by atoms with E-state index in [1.807, 2.05) is 18.3 Å². The second kappa shape index (κ2) is 4.94. The predicted octanol–water partition coefficient (Wildman–Crippen LogP) is 1.09. The maximum absolute atomic E-state index is 11.4. The minimum atomic E-state index is -2.77. The molecule has 0 saturated carbocycles. The van der Waals surface area contributed by atoms with E-state index in [4.69, 9.17) is 0 Å². The van der Waals surface area contributed by atoms with Crippen molar-refractivity contribution in [3.05, 3.63) is 30.1 Å². The van der Waals surface area contributed by atoms with Gasteiger partial charge in [0, 0.05) is 24.3 Å². The summed E-state index contributed by atoms with van der Waals surface area (Å²) < 4.78 is 22.7. The number of rotatable bonds is 4. The molecule has 0 spiro atoms. The number of nitrogens with one attached hydrogen (secondary N) is 2. The molecule has 0 radical (unpaired) electrons. The monoisotopic (exact) mass is 279 g/mol. The van der Waals surface area contributed by atoms with Crippen molar-refractivity contribution in [2.45, 2.75) is 13.0 Å². The topological polar surface area (TPSA) is 74.8 Å². The van der Waals surface area contributed by atoms with Crippen LogP contribution in [0, 0.1) is 5.92 Å². The summed E-state index contributed by atoms with van der Waals surface area (Å²) in [5.74, 6) is 0.930. The zero-order valence-electron chi connectivity index (χ0n) is 10.6. The average Bonchev–Trinajstić information content (AvgIpc) is 2.94. The third-order valence-corrected chi connectivity index (χ3v) is 5.45. The number of H-pyrrole nitrogens is 1. The Labute approximate surface area is 112 Å². The van der Waals surface area contributed by atoms with Gasteiger partial charge in [0.1, 0.15) is 5.65 Å². The third kappa shape index (κ3) is 2.79. The Morgan fingerprint density at radius 3 is 3.16 bits per heavy atom. The number of pyridine rings is 1. The van der Waals surface area contributed by atoms with E-state index in [-0.39, 0.29) is 5.92 Å². The lowest BCUT2D eigenvalue weighted by Gasteiger charge is -2.08.